The van der Waals surface area contributed by atoms with E-state index in [0.29, 0.717) is 12.2 Å². The number of aryl methyl sites for hydroxylation is 1. The number of halogens is 4. The van der Waals surface area contributed by atoms with Crippen molar-refractivity contribution in [2.75, 3.05) is 4.72 Å². The summed E-state index contributed by atoms with van der Waals surface area (Å²) < 4.78 is 67.4. The predicted octanol–water partition coefficient (Wildman–Crippen LogP) is 4.96. The van der Waals surface area contributed by atoms with Gasteiger partial charge in [-0.05, 0) is 30.2 Å². The van der Waals surface area contributed by atoms with Crippen LogP contribution in [0, 0.1) is 0 Å². The normalized spacial score (nSPS) is 12.0. The highest BCUT2D eigenvalue weighted by Gasteiger charge is 2.46. The van der Waals surface area contributed by atoms with E-state index in [-0.39, 0.29) is 16.5 Å². The number of anilines is 1. The number of rotatable bonds is 5. The second kappa shape index (κ2) is 6.90. The average molecular weight is 380 g/mol. The Balaban J connectivity index is 2.42. The van der Waals surface area contributed by atoms with Crippen LogP contribution in [0.15, 0.2) is 42.5 Å². The summed E-state index contributed by atoms with van der Waals surface area (Å²) in [6.45, 7) is 1.88. The molecular weight excluding hydrogens is 367 g/mol. The Morgan fingerprint density at radius 2 is 1.79 bits per heavy atom. The molecule has 0 unspecified atom stereocenters. The Hall–Kier alpha value is -1.93. The summed E-state index contributed by atoms with van der Waals surface area (Å²) >= 11 is 5.84. The summed E-state index contributed by atoms with van der Waals surface area (Å²) in [5.74, 6) is 0.269. The fourth-order valence-corrected chi connectivity index (χ4v) is 2.62. The Morgan fingerprint density at radius 1 is 1.12 bits per heavy atom. The molecule has 2 rings (SSSR count). The SMILES string of the molecule is CCc1ccccc1Oc1cc(Cl)ccc1NS(=O)(=O)C(F)(F)F. The Morgan fingerprint density at radius 3 is 2.42 bits per heavy atom. The number of hydrogen-bond donors (Lipinski definition) is 1. The zero-order valence-electron chi connectivity index (χ0n) is 12.4. The van der Waals surface area contributed by atoms with E-state index in [1.807, 2.05) is 6.92 Å². The summed E-state index contributed by atoms with van der Waals surface area (Å²) in [6, 6.07) is 10.5. The average Bonchev–Trinajstić information content (AvgIpc) is 2.49. The molecule has 0 spiro atoms. The minimum absolute atomic E-state index is 0.128. The standard InChI is InChI=1S/C15H13ClF3NO3S/c1-2-10-5-3-4-6-13(10)23-14-9-11(16)7-8-12(14)20-24(21,22)15(17,18)19/h3-9,20H,2H2,1H3. The third-order valence-electron chi connectivity index (χ3n) is 3.07. The summed E-state index contributed by atoms with van der Waals surface area (Å²) in [6.07, 6.45) is 0.625. The first-order chi connectivity index (χ1) is 11.1. The van der Waals surface area contributed by atoms with Gasteiger partial charge in [-0.15, -0.1) is 0 Å². The Labute approximate surface area is 142 Å². The molecule has 1 N–H and O–H groups in total. The lowest BCUT2D eigenvalue weighted by Gasteiger charge is -2.16. The highest BCUT2D eigenvalue weighted by atomic mass is 35.5. The first-order valence-corrected chi connectivity index (χ1v) is 8.64. The van der Waals surface area contributed by atoms with Crippen LogP contribution < -0.4 is 9.46 Å². The molecule has 4 nitrogen and oxygen atoms in total. The summed E-state index contributed by atoms with van der Waals surface area (Å²) in [5.41, 5.74) is -4.99. The minimum Gasteiger partial charge on any atom is -0.455 e. The van der Waals surface area contributed by atoms with Crippen molar-refractivity contribution in [1.82, 2.24) is 0 Å². The zero-order chi connectivity index (χ0) is 18.0. The van der Waals surface area contributed by atoms with Crippen molar-refractivity contribution in [3.05, 3.63) is 53.1 Å². The highest BCUT2D eigenvalue weighted by molar-refractivity contribution is 7.93. The van der Waals surface area contributed by atoms with Gasteiger partial charge < -0.3 is 4.74 Å². The van der Waals surface area contributed by atoms with Crippen molar-refractivity contribution in [2.24, 2.45) is 0 Å². The van der Waals surface area contributed by atoms with Crippen LogP contribution in [0.1, 0.15) is 12.5 Å². The summed E-state index contributed by atoms with van der Waals surface area (Å²) in [4.78, 5) is 0. The summed E-state index contributed by atoms with van der Waals surface area (Å²) in [7, 11) is -5.57. The van der Waals surface area contributed by atoms with Crippen molar-refractivity contribution in [2.45, 2.75) is 18.9 Å². The molecule has 2 aromatic rings. The molecule has 0 heterocycles. The number of para-hydroxylation sites is 1. The van der Waals surface area contributed by atoms with E-state index in [1.165, 1.54) is 16.9 Å². The van der Waals surface area contributed by atoms with Gasteiger partial charge in [0.15, 0.2) is 5.75 Å². The molecule has 2 aromatic carbocycles. The molecule has 0 bridgehead atoms. The molecule has 0 fully saturated rings. The van der Waals surface area contributed by atoms with Gasteiger partial charge in [0.25, 0.3) is 0 Å². The van der Waals surface area contributed by atoms with Crippen LogP contribution in [0.4, 0.5) is 18.9 Å². The number of hydrogen-bond acceptors (Lipinski definition) is 3. The van der Waals surface area contributed by atoms with Crippen molar-refractivity contribution < 1.29 is 26.3 Å². The summed E-state index contributed by atoms with van der Waals surface area (Å²) in [5, 5.41) is 0.189. The maximum Gasteiger partial charge on any atom is 0.516 e. The molecule has 24 heavy (non-hydrogen) atoms. The molecule has 130 valence electrons. The third-order valence-corrected chi connectivity index (χ3v) is 4.40. The van der Waals surface area contributed by atoms with Gasteiger partial charge in [-0.3, -0.25) is 4.72 Å². The van der Waals surface area contributed by atoms with Crippen molar-refractivity contribution in [3.63, 3.8) is 0 Å². The minimum atomic E-state index is -5.57. The highest BCUT2D eigenvalue weighted by Crippen LogP contribution is 2.36. The van der Waals surface area contributed by atoms with Crippen LogP contribution >= 0.6 is 11.6 Å². The van der Waals surface area contributed by atoms with Gasteiger partial charge in [0.05, 0.1) is 5.69 Å². The van der Waals surface area contributed by atoms with Crippen LogP contribution in [0.25, 0.3) is 0 Å². The molecule has 0 aliphatic carbocycles. The van der Waals surface area contributed by atoms with E-state index in [4.69, 9.17) is 16.3 Å². The first kappa shape index (κ1) is 18.4. The van der Waals surface area contributed by atoms with E-state index in [2.05, 4.69) is 0 Å². The van der Waals surface area contributed by atoms with Gasteiger partial charge in [-0.2, -0.15) is 21.6 Å². The smallest absolute Gasteiger partial charge is 0.455 e. The van der Waals surface area contributed by atoms with Crippen molar-refractivity contribution in [3.8, 4) is 11.5 Å². The monoisotopic (exact) mass is 379 g/mol. The van der Waals surface area contributed by atoms with E-state index in [1.54, 1.807) is 24.3 Å². The van der Waals surface area contributed by atoms with Crippen LogP contribution in [-0.4, -0.2) is 13.9 Å². The van der Waals surface area contributed by atoms with Gasteiger partial charge in [0.2, 0.25) is 0 Å². The van der Waals surface area contributed by atoms with Gasteiger partial charge in [-0.25, -0.2) is 0 Å². The van der Waals surface area contributed by atoms with Crippen molar-refractivity contribution >= 4 is 27.3 Å². The fourth-order valence-electron chi connectivity index (χ4n) is 1.88. The van der Waals surface area contributed by atoms with E-state index in [9.17, 15) is 21.6 Å². The number of benzene rings is 2. The lowest BCUT2D eigenvalue weighted by Crippen LogP contribution is -2.30. The molecule has 0 atom stereocenters. The first-order valence-electron chi connectivity index (χ1n) is 6.78. The molecule has 0 saturated heterocycles. The lowest BCUT2D eigenvalue weighted by molar-refractivity contribution is -0.0429. The third kappa shape index (κ3) is 4.12. The quantitative estimate of drug-likeness (QED) is 0.799. The Bertz CT molecular complexity index is 838. The second-order valence-electron chi connectivity index (χ2n) is 4.76. The van der Waals surface area contributed by atoms with Crippen LogP contribution in [0.5, 0.6) is 11.5 Å². The van der Waals surface area contributed by atoms with E-state index in [0.717, 1.165) is 11.6 Å². The number of alkyl halides is 3. The maximum atomic E-state index is 12.6. The molecular formula is C15H13ClF3NO3S. The molecule has 0 aromatic heterocycles. The topological polar surface area (TPSA) is 55.4 Å². The lowest BCUT2D eigenvalue weighted by atomic mass is 10.1. The number of nitrogens with one attached hydrogen (secondary N) is 1. The van der Waals surface area contributed by atoms with Crippen LogP contribution in [-0.2, 0) is 16.4 Å². The molecule has 0 saturated carbocycles. The number of sulfonamides is 1. The molecule has 0 amide bonds. The molecule has 0 aliphatic heterocycles. The van der Waals surface area contributed by atoms with E-state index < -0.39 is 15.5 Å². The maximum absolute atomic E-state index is 12.6. The van der Waals surface area contributed by atoms with Crippen LogP contribution in [0.2, 0.25) is 5.02 Å². The molecule has 0 radical (unpaired) electrons. The van der Waals surface area contributed by atoms with E-state index >= 15 is 0 Å². The largest absolute Gasteiger partial charge is 0.516 e. The van der Waals surface area contributed by atoms with Gasteiger partial charge in [0, 0.05) is 11.1 Å². The number of ether oxygens (including phenoxy) is 1. The zero-order valence-corrected chi connectivity index (χ0v) is 14.0. The fraction of sp³-hybridized carbons (Fsp3) is 0.200. The van der Waals surface area contributed by atoms with Crippen molar-refractivity contribution in [1.29, 1.82) is 0 Å². The van der Waals surface area contributed by atoms with Gasteiger partial charge in [-0.1, -0.05) is 36.7 Å². The Kier molecular flexibility index (Phi) is 5.29. The van der Waals surface area contributed by atoms with Gasteiger partial charge >= 0.3 is 15.5 Å². The van der Waals surface area contributed by atoms with Gasteiger partial charge in [0.1, 0.15) is 5.75 Å². The molecule has 9 heteroatoms. The van der Waals surface area contributed by atoms with Crippen LogP contribution in [0.3, 0.4) is 0 Å². The molecule has 0 aliphatic rings. The predicted molar refractivity (Wildman–Crippen MR) is 85.9 cm³/mol. The second-order valence-corrected chi connectivity index (χ2v) is 6.87.